The first-order chi connectivity index (χ1) is 18.5. The Morgan fingerprint density at radius 2 is 1.05 bits per heavy atom. The Bertz CT molecular complexity index is 774. The minimum atomic E-state index is -0.531. The van der Waals surface area contributed by atoms with E-state index < -0.39 is 11.9 Å². The van der Waals surface area contributed by atoms with Gasteiger partial charge in [-0.15, -0.1) is 0 Å². The van der Waals surface area contributed by atoms with Crippen LogP contribution in [-0.4, -0.2) is 104 Å². The summed E-state index contributed by atoms with van der Waals surface area (Å²) in [6.07, 6.45) is 2.06. The highest BCUT2D eigenvalue weighted by molar-refractivity contribution is 5.95. The average molecular weight is 539 g/mol. The lowest BCUT2D eigenvalue weighted by Crippen LogP contribution is -2.45. The maximum Gasteiger partial charge on any atom is 0.338 e. The molecule has 0 unspecified atom stereocenters. The van der Waals surface area contributed by atoms with Crippen molar-refractivity contribution >= 4 is 11.9 Å². The largest absolute Gasteiger partial charge is 0.460 e. The van der Waals surface area contributed by atoms with Gasteiger partial charge in [-0.05, 0) is 31.0 Å². The summed E-state index contributed by atoms with van der Waals surface area (Å²) in [5.74, 6) is -1.06. The molecule has 0 N–H and O–H groups in total. The van der Waals surface area contributed by atoms with Crippen molar-refractivity contribution in [1.29, 1.82) is 0 Å². The molecule has 2 aliphatic rings. The maximum absolute atomic E-state index is 12.3. The van der Waals surface area contributed by atoms with E-state index in [9.17, 15) is 9.59 Å². The summed E-state index contributed by atoms with van der Waals surface area (Å²) in [5.41, 5.74) is 0.850. The van der Waals surface area contributed by atoms with Crippen LogP contribution in [0.5, 0.6) is 0 Å². The second-order valence-electron chi connectivity index (χ2n) is 9.88. The molecule has 1 aromatic rings. The Morgan fingerprint density at radius 3 is 1.42 bits per heavy atom. The highest BCUT2D eigenvalue weighted by Crippen LogP contribution is 2.32. The molecule has 2 aliphatic heterocycles. The van der Waals surface area contributed by atoms with Crippen molar-refractivity contribution in [1.82, 2.24) is 0 Å². The molecule has 0 aromatic heterocycles. The highest BCUT2D eigenvalue weighted by atomic mass is 16.6. The van der Waals surface area contributed by atoms with E-state index in [0.29, 0.717) is 39.6 Å². The first kappa shape index (κ1) is 30.5. The van der Waals surface area contributed by atoms with Crippen molar-refractivity contribution < 1.29 is 47.5 Å². The van der Waals surface area contributed by atoms with Crippen molar-refractivity contribution in [3.05, 3.63) is 35.4 Å². The number of hydrogen-bond acceptors (Lipinski definition) is 10. The van der Waals surface area contributed by atoms with Gasteiger partial charge in [0, 0.05) is 10.8 Å². The van der Waals surface area contributed by atoms with Crippen LogP contribution in [-0.2, 0) is 37.9 Å². The molecule has 2 heterocycles. The van der Waals surface area contributed by atoms with Crippen LogP contribution in [0.25, 0.3) is 0 Å². The van der Waals surface area contributed by atoms with Gasteiger partial charge < -0.3 is 37.9 Å². The van der Waals surface area contributed by atoms with E-state index in [1.807, 2.05) is 0 Å². The minimum absolute atomic E-state index is 0.106. The van der Waals surface area contributed by atoms with Gasteiger partial charge in [0.2, 0.25) is 0 Å². The lowest BCUT2D eigenvalue weighted by atomic mass is 9.84. The lowest BCUT2D eigenvalue weighted by molar-refractivity contribution is -0.153. The third kappa shape index (κ3) is 9.59. The Balaban J connectivity index is 1.20. The van der Waals surface area contributed by atoms with Gasteiger partial charge in [0.25, 0.3) is 0 Å². The van der Waals surface area contributed by atoms with Crippen LogP contribution < -0.4 is 0 Å². The fraction of sp³-hybridized carbons (Fsp3) is 0.714. The fourth-order valence-electron chi connectivity index (χ4n) is 3.90. The SMILES string of the molecule is CCC1(COCCOCCOC(=O)c2cccc(C(=O)OCCOCCOCC3(CC)COC3)c2)COC1. The van der Waals surface area contributed by atoms with Gasteiger partial charge in [-0.2, -0.15) is 0 Å². The topological polar surface area (TPSA) is 108 Å². The molecule has 214 valence electrons. The van der Waals surface area contributed by atoms with E-state index in [4.69, 9.17) is 37.9 Å². The molecule has 0 radical (unpaired) electrons. The second-order valence-corrected chi connectivity index (χ2v) is 9.88. The number of esters is 2. The van der Waals surface area contributed by atoms with Crippen LogP contribution in [0, 0.1) is 10.8 Å². The first-order valence-electron chi connectivity index (χ1n) is 13.4. The molecule has 2 saturated heterocycles. The summed E-state index contributed by atoms with van der Waals surface area (Å²) in [7, 11) is 0. The average Bonchev–Trinajstić information content (AvgIpc) is 2.89. The van der Waals surface area contributed by atoms with Gasteiger partial charge in [0.15, 0.2) is 0 Å². The quantitative estimate of drug-likeness (QED) is 0.182. The number of carbonyl (C=O) groups excluding carboxylic acids is 2. The Morgan fingerprint density at radius 1 is 0.658 bits per heavy atom. The van der Waals surface area contributed by atoms with Crippen molar-refractivity contribution in [2.45, 2.75) is 26.7 Å². The van der Waals surface area contributed by atoms with E-state index in [2.05, 4.69) is 13.8 Å². The minimum Gasteiger partial charge on any atom is -0.460 e. The standard InChI is InChI=1S/C28H42O10/c1-3-27(19-35-20-27)17-33-10-8-31-12-14-37-25(29)23-6-5-7-24(16-23)26(30)38-15-13-32-9-11-34-18-28(4-2)21-36-22-28/h5-7,16H,3-4,8-15,17-22H2,1-2H3. The van der Waals surface area contributed by atoms with Gasteiger partial charge in [0.1, 0.15) is 13.2 Å². The molecule has 38 heavy (non-hydrogen) atoms. The number of rotatable bonds is 20. The summed E-state index contributed by atoms with van der Waals surface area (Å²) in [5, 5.41) is 0. The van der Waals surface area contributed by atoms with Crippen molar-refractivity contribution in [3.63, 3.8) is 0 Å². The van der Waals surface area contributed by atoms with E-state index in [-0.39, 0.29) is 48.4 Å². The summed E-state index contributed by atoms with van der Waals surface area (Å²) in [4.78, 5) is 24.6. The molecule has 0 aliphatic carbocycles. The molecule has 0 bridgehead atoms. The molecule has 10 heteroatoms. The molecule has 2 fully saturated rings. The maximum atomic E-state index is 12.3. The summed E-state index contributed by atoms with van der Waals surface area (Å²) >= 11 is 0. The molecular weight excluding hydrogens is 496 g/mol. The van der Waals surface area contributed by atoms with Gasteiger partial charge in [-0.1, -0.05) is 19.9 Å². The van der Waals surface area contributed by atoms with E-state index in [1.54, 1.807) is 18.2 Å². The van der Waals surface area contributed by atoms with E-state index in [1.165, 1.54) is 6.07 Å². The van der Waals surface area contributed by atoms with E-state index in [0.717, 1.165) is 39.3 Å². The first-order valence-corrected chi connectivity index (χ1v) is 13.4. The van der Waals surface area contributed by atoms with Crippen LogP contribution >= 0.6 is 0 Å². The monoisotopic (exact) mass is 538 g/mol. The predicted molar refractivity (Wildman–Crippen MR) is 137 cm³/mol. The van der Waals surface area contributed by atoms with Crippen LogP contribution in [0.4, 0.5) is 0 Å². The summed E-state index contributed by atoms with van der Waals surface area (Å²) in [6.45, 7) is 11.1. The Hall–Kier alpha value is -2.08. The molecule has 10 nitrogen and oxygen atoms in total. The van der Waals surface area contributed by atoms with Crippen molar-refractivity contribution in [2.75, 3.05) is 92.5 Å². The highest BCUT2D eigenvalue weighted by Gasteiger charge is 2.37. The molecule has 0 spiro atoms. The molecule has 1 aromatic carbocycles. The zero-order valence-electron chi connectivity index (χ0n) is 22.7. The normalized spacial score (nSPS) is 17.3. The molecule has 0 atom stereocenters. The van der Waals surface area contributed by atoms with E-state index >= 15 is 0 Å². The second kappa shape index (κ2) is 16.1. The van der Waals surface area contributed by atoms with Crippen LogP contribution in [0.1, 0.15) is 47.4 Å². The zero-order chi connectivity index (χ0) is 27.1. The molecule has 0 saturated carbocycles. The molecule has 0 amide bonds. The van der Waals surface area contributed by atoms with Crippen molar-refractivity contribution in [2.24, 2.45) is 10.8 Å². The lowest BCUT2D eigenvalue weighted by Gasteiger charge is -2.40. The molecule has 3 rings (SSSR count). The van der Waals surface area contributed by atoms with Crippen molar-refractivity contribution in [3.8, 4) is 0 Å². The number of ether oxygens (including phenoxy) is 8. The van der Waals surface area contributed by atoms with Gasteiger partial charge in [0.05, 0.1) is 90.4 Å². The number of benzene rings is 1. The number of carbonyl (C=O) groups is 2. The van der Waals surface area contributed by atoms with Gasteiger partial charge in [-0.25, -0.2) is 9.59 Å². The van der Waals surface area contributed by atoms with Crippen LogP contribution in [0.2, 0.25) is 0 Å². The van der Waals surface area contributed by atoms with Gasteiger partial charge in [-0.3, -0.25) is 0 Å². The molecular formula is C28H42O10. The summed E-state index contributed by atoms with van der Waals surface area (Å²) in [6, 6.07) is 6.24. The smallest absolute Gasteiger partial charge is 0.338 e. The fourth-order valence-corrected chi connectivity index (χ4v) is 3.90. The zero-order valence-corrected chi connectivity index (χ0v) is 22.7. The third-order valence-corrected chi connectivity index (χ3v) is 6.95. The van der Waals surface area contributed by atoms with Gasteiger partial charge >= 0.3 is 11.9 Å². The summed E-state index contributed by atoms with van der Waals surface area (Å²) < 4.78 is 43.3. The number of hydrogen-bond donors (Lipinski definition) is 0. The predicted octanol–water partition coefficient (Wildman–Crippen LogP) is 2.92. The van der Waals surface area contributed by atoms with Crippen LogP contribution in [0.15, 0.2) is 24.3 Å². The Kier molecular flexibility index (Phi) is 12.9. The van der Waals surface area contributed by atoms with Crippen LogP contribution in [0.3, 0.4) is 0 Å². The Labute approximate surface area is 225 Å². The third-order valence-electron chi connectivity index (χ3n) is 6.95.